The summed E-state index contributed by atoms with van der Waals surface area (Å²) < 4.78 is 0. The summed E-state index contributed by atoms with van der Waals surface area (Å²) in [6, 6.07) is 1.09. The van der Waals surface area contributed by atoms with E-state index in [4.69, 9.17) is 0 Å². The molecule has 1 saturated heterocycles. The molecule has 1 fully saturated rings. The molecule has 0 spiro atoms. The number of guanidine groups is 1. The predicted octanol–water partition coefficient (Wildman–Crippen LogP) is 3.07. The largest absolute Gasteiger partial charge is 0.357 e. The molecule has 1 rings (SSSR count). The molecule has 2 N–H and O–H groups in total. The Labute approximate surface area is 183 Å². The summed E-state index contributed by atoms with van der Waals surface area (Å²) in [4.78, 5) is 21.2. The van der Waals surface area contributed by atoms with Crippen LogP contribution in [0.3, 0.4) is 0 Å². The quantitative estimate of drug-likeness (QED) is 0.212. The monoisotopic (exact) mass is 495 g/mol. The van der Waals surface area contributed by atoms with Gasteiger partial charge in [-0.25, -0.2) is 0 Å². The van der Waals surface area contributed by atoms with Gasteiger partial charge >= 0.3 is 0 Å². The lowest BCUT2D eigenvalue weighted by Gasteiger charge is -2.30. The Bertz CT molecular complexity index is 421. The molecule has 1 heterocycles. The minimum atomic E-state index is 0. The number of carbonyl (C=O) groups is 1. The number of rotatable bonds is 10. The van der Waals surface area contributed by atoms with Crippen molar-refractivity contribution in [2.75, 3.05) is 39.3 Å². The number of aliphatic imine (C=N–C) groups is 1. The van der Waals surface area contributed by atoms with Crippen LogP contribution < -0.4 is 10.6 Å². The molecule has 6 nitrogen and oxygen atoms in total. The topological polar surface area (TPSA) is 60.0 Å². The maximum atomic E-state index is 12.0. The van der Waals surface area contributed by atoms with Gasteiger partial charge in [0.15, 0.2) is 5.96 Å². The SMILES string of the molecule is CCNC(=NCCCN1CCCCCC1=O)NCCN(C(C)C)C(C)C.I. The molecule has 1 aliphatic rings. The van der Waals surface area contributed by atoms with Gasteiger partial charge in [0, 0.05) is 57.8 Å². The fourth-order valence-corrected chi connectivity index (χ4v) is 3.49. The predicted molar refractivity (Wildman–Crippen MR) is 126 cm³/mol. The Morgan fingerprint density at radius 3 is 2.48 bits per heavy atom. The fourth-order valence-electron chi connectivity index (χ4n) is 3.49. The highest BCUT2D eigenvalue weighted by atomic mass is 127. The zero-order valence-corrected chi connectivity index (χ0v) is 20.4. The van der Waals surface area contributed by atoms with E-state index in [9.17, 15) is 4.79 Å². The molecule has 1 amide bonds. The van der Waals surface area contributed by atoms with Crippen LogP contribution in [0.2, 0.25) is 0 Å². The van der Waals surface area contributed by atoms with Gasteiger partial charge in [-0.05, 0) is 53.9 Å². The van der Waals surface area contributed by atoms with E-state index in [1.54, 1.807) is 0 Å². The molecule has 7 heteroatoms. The average molecular weight is 495 g/mol. The van der Waals surface area contributed by atoms with E-state index in [0.29, 0.717) is 18.0 Å². The summed E-state index contributed by atoms with van der Waals surface area (Å²) in [5.41, 5.74) is 0. The maximum Gasteiger partial charge on any atom is 0.222 e. The highest BCUT2D eigenvalue weighted by Gasteiger charge is 2.15. The van der Waals surface area contributed by atoms with Gasteiger partial charge in [0.25, 0.3) is 0 Å². The van der Waals surface area contributed by atoms with Gasteiger partial charge in [-0.3, -0.25) is 14.7 Å². The van der Waals surface area contributed by atoms with Crippen molar-refractivity contribution in [3.8, 4) is 0 Å². The first-order valence-corrected chi connectivity index (χ1v) is 10.5. The second kappa shape index (κ2) is 15.4. The van der Waals surface area contributed by atoms with Gasteiger partial charge in [0.1, 0.15) is 0 Å². The summed E-state index contributed by atoms with van der Waals surface area (Å²) in [6.07, 6.45) is 5.01. The minimum absolute atomic E-state index is 0. The van der Waals surface area contributed by atoms with Crippen LogP contribution in [-0.2, 0) is 4.79 Å². The molecule has 1 aliphatic heterocycles. The number of nitrogens with one attached hydrogen (secondary N) is 2. The van der Waals surface area contributed by atoms with E-state index in [0.717, 1.165) is 70.9 Å². The second-order valence-electron chi connectivity index (χ2n) is 7.66. The average Bonchev–Trinajstić information content (AvgIpc) is 2.79. The molecule has 0 bridgehead atoms. The molecular weight excluding hydrogens is 453 g/mol. The van der Waals surface area contributed by atoms with Crippen molar-refractivity contribution in [2.24, 2.45) is 4.99 Å². The van der Waals surface area contributed by atoms with Crippen molar-refractivity contribution in [1.29, 1.82) is 0 Å². The lowest BCUT2D eigenvalue weighted by atomic mass is 10.2. The van der Waals surface area contributed by atoms with Crippen LogP contribution in [-0.4, -0.2) is 73.0 Å². The molecule has 27 heavy (non-hydrogen) atoms. The second-order valence-corrected chi connectivity index (χ2v) is 7.66. The van der Waals surface area contributed by atoms with Crippen LogP contribution in [0, 0.1) is 0 Å². The molecule has 0 atom stereocenters. The lowest BCUT2D eigenvalue weighted by molar-refractivity contribution is -0.130. The Kier molecular flexibility index (Phi) is 15.0. The lowest BCUT2D eigenvalue weighted by Crippen LogP contribution is -2.45. The number of likely N-dealkylation sites (tertiary alicyclic amines) is 1. The van der Waals surface area contributed by atoms with Gasteiger partial charge in [0.2, 0.25) is 5.91 Å². The van der Waals surface area contributed by atoms with E-state index >= 15 is 0 Å². The van der Waals surface area contributed by atoms with Crippen molar-refractivity contribution >= 4 is 35.8 Å². The Balaban J connectivity index is 0.00000676. The van der Waals surface area contributed by atoms with Crippen LogP contribution in [0.4, 0.5) is 0 Å². The molecule has 0 aromatic carbocycles. The normalized spacial score (nSPS) is 15.9. The third-order valence-corrected chi connectivity index (χ3v) is 4.86. The van der Waals surface area contributed by atoms with Crippen LogP contribution in [0.15, 0.2) is 4.99 Å². The van der Waals surface area contributed by atoms with Gasteiger partial charge in [-0.15, -0.1) is 24.0 Å². The first-order chi connectivity index (χ1) is 12.5. The van der Waals surface area contributed by atoms with Gasteiger partial charge in [-0.1, -0.05) is 6.42 Å². The Hall–Kier alpha value is -0.570. The van der Waals surface area contributed by atoms with E-state index in [-0.39, 0.29) is 24.0 Å². The van der Waals surface area contributed by atoms with Crippen molar-refractivity contribution in [1.82, 2.24) is 20.4 Å². The Morgan fingerprint density at radius 1 is 1.15 bits per heavy atom. The van der Waals surface area contributed by atoms with Crippen LogP contribution in [0.25, 0.3) is 0 Å². The molecule has 160 valence electrons. The van der Waals surface area contributed by atoms with Crippen LogP contribution >= 0.6 is 24.0 Å². The molecule has 0 radical (unpaired) electrons. The molecule has 0 aliphatic carbocycles. The number of hydrogen-bond donors (Lipinski definition) is 2. The smallest absolute Gasteiger partial charge is 0.222 e. The van der Waals surface area contributed by atoms with E-state index in [1.165, 1.54) is 6.42 Å². The summed E-state index contributed by atoms with van der Waals surface area (Å²) in [5, 5.41) is 6.75. The van der Waals surface area contributed by atoms with Gasteiger partial charge < -0.3 is 15.5 Å². The van der Waals surface area contributed by atoms with E-state index < -0.39 is 0 Å². The first-order valence-electron chi connectivity index (χ1n) is 10.5. The molecular formula is C20H42IN5O. The summed E-state index contributed by atoms with van der Waals surface area (Å²) in [6.45, 7) is 16.3. The number of carbonyl (C=O) groups excluding carboxylic acids is 1. The summed E-state index contributed by atoms with van der Waals surface area (Å²) in [5.74, 6) is 1.20. The molecule has 0 saturated carbocycles. The minimum Gasteiger partial charge on any atom is -0.357 e. The molecule has 0 unspecified atom stereocenters. The van der Waals surface area contributed by atoms with Crippen molar-refractivity contribution in [3.05, 3.63) is 0 Å². The highest BCUT2D eigenvalue weighted by Crippen LogP contribution is 2.11. The highest BCUT2D eigenvalue weighted by molar-refractivity contribution is 14.0. The summed E-state index contributed by atoms with van der Waals surface area (Å²) in [7, 11) is 0. The Morgan fingerprint density at radius 2 is 1.85 bits per heavy atom. The van der Waals surface area contributed by atoms with E-state index in [1.807, 2.05) is 4.90 Å². The maximum absolute atomic E-state index is 12.0. The van der Waals surface area contributed by atoms with Crippen LogP contribution in [0.5, 0.6) is 0 Å². The standard InChI is InChI=1S/C20H41N5O.HI/c1-6-21-20(23-13-16-25(17(2)3)18(4)5)22-12-10-15-24-14-9-7-8-11-19(24)26;/h17-18H,6-16H2,1-5H3,(H2,21,22,23);1H. The number of nitrogens with zero attached hydrogens (tertiary/aromatic N) is 3. The number of hydrogen-bond acceptors (Lipinski definition) is 3. The van der Waals surface area contributed by atoms with Crippen molar-refractivity contribution in [3.63, 3.8) is 0 Å². The van der Waals surface area contributed by atoms with Crippen LogP contribution in [0.1, 0.15) is 66.7 Å². The number of amides is 1. The summed E-state index contributed by atoms with van der Waals surface area (Å²) >= 11 is 0. The third kappa shape index (κ3) is 11.1. The zero-order chi connectivity index (χ0) is 19.4. The zero-order valence-electron chi connectivity index (χ0n) is 18.1. The fraction of sp³-hybridized carbons (Fsp3) is 0.900. The van der Waals surface area contributed by atoms with Gasteiger partial charge in [-0.2, -0.15) is 0 Å². The van der Waals surface area contributed by atoms with Gasteiger partial charge in [0.05, 0.1) is 0 Å². The first kappa shape index (κ1) is 26.4. The third-order valence-electron chi connectivity index (χ3n) is 4.86. The van der Waals surface area contributed by atoms with Crippen molar-refractivity contribution in [2.45, 2.75) is 78.8 Å². The van der Waals surface area contributed by atoms with Crippen molar-refractivity contribution < 1.29 is 4.79 Å². The van der Waals surface area contributed by atoms with E-state index in [2.05, 4.69) is 55.1 Å². The molecule has 0 aromatic rings. The number of halogens is 1. The molecule has 0 aromatic heterocycles.